The van der Waals surface area contributed by atoms with E-state index in [4.69, 9.17) is 26.1 Å². The number of benzene rings is 2. The van der Waals surface area contributed by atoms with Crippen molar-refractivity contribution in [2.75, 3.05) is 43.3 Å². The summed E-state index contributed by atoms with van der Waals surface area (Å²) in [4.78, 5) is 23.4. The first-order valence-electron chi connectivity index (χ1n) is 13.3. The monoisotopic (exact) mass is 574 g/mol. The maximum absolute atomic E-state index is 12.5. The molecular formula is C29H31ClN8O3. The van der Waals surface area contributed by atoms with Crippen molar-refractivity contribution in [2.45, 2.75) is 31.3 Å². The van der Waals surface area contributed by atoms with Crippen LogP contribution in [0.3, 0.4) is 0 Å². The highest BCUT2D eigenvalue weighted by Crippen LogP contribution is 2.44. The molecule has 2 aromatic heterocycles. The summed E-state index contributed by atoms with van der Waals surface area (Å²) in [5.74, 6) is 2.46. The van der Waals surface area contributed by atoms with Crippen LogP contribution in [0.2, 0.25) is 5.02 Å². The molecule has 212 valence electrons. The molecule has 1 amide bonds. The molecular weight excluding hydrogens is 544 g/mol. The fourth-order valence-corrected chi connectivity index (χ4v) is 5.22. The molecule has 0 atom stereocenters. The first kappa shape index (κ1) is 26.9. The van der Waals surface area contributed by atoms with E-state index in [1.165, 1.54) is 0 Å². The minimum atomic E-state index is -0.238. The highest BCUT2D eigenvalue weighted by molar-refractivity contribution is 6.33. The third-order valence-corrected chi connectivity index (χ3v) is 7.80. The molecule has 0 radical (unpaired) electrons. The lowest BCUT2D eigenvalue weighted by Crippen LogP contribution is -2.32. The number of methoxy groups -OCH3 is 2. The molecule has 3 heterocycles. The second kappa shape index (κ2) is 10.9. The van der Waals surface area contributed by atoms with E-state index in [0.29, 0.717) is 42.0 Å². The number of carbonyl (C=O) groups is 1. The minimum Gasteiger partial charge on any atom is -0.497 e. The fraction of sp³-hybridized carbons (Fsp3) is 0.310. The Morgan fingerprint density at radius 3 is 2.71 bits per heavy atom. The molecule has 0 bridgehead atoms. The molecule has 2 aliphatic rings. The van der Waals surface area contributed by atoms with Crippen LogP contribution in [0.5, 0.6) is 11.5 Å². The van der Waals surface area contributed by atoms with Crippen LogP contribution in [-0.2, 0) is 17.8 Å². The molecule has 1 aliphatic heterocycles. The van der Waals surface area contributed by atoms with E-state index in [-0.39, 0.29) is 11.4 Å². The predicted octanol–water partition coefficient (Wildman–Crippen LogP) is 4.33. The van der Waals surface area contributed by atoms with E-state index < -0.39 is 0 Å². The second-order valence-electron chi connectivity index (χ2n) is 10.3. The van der Waals surface area contributed by atoms with E-state index in [1.54, 1.807) is 36.2 Å². The Morgan fingerprint density at radius 1 is 1.12 bits per heavy atom. The van der Waals surface area contributed by atoms with E-state index in [0.717, 1.165) is 46.8 Å². The van der Waals surface area contributed by atoms with Gasteiger partial charge < -0.3 is 30.3 Å². The number of nitrogens with one attached hydrogen (secondary N) is 3. The van der Waals surface area contributed by atoms with Gasteiger partial charge in [-0.2, -0.15) is 10.1 Å². The van der Waals surface area contributed by atoms with Crippen molar-refractivity contribution in [3.63, 3.8) is 0 Å². The van der Waals surface area contributed by atoms with Crippen LogP contribution in [0, 0.1) is 0 Å². The zero-order valence-corrected chi connectivity index (χ0v) is 23.8. The molecule has 41 heavy (non-hydrogen) atoms. The summed E-state index contributed by atoms with van der Waals surface area (Å²) in [6.45, 7) is 0.911. The van der Waals surface area contributed by atoms with Crippen LogP contribution >= 0.6 is 11.6 Å². The summed E-state index contributed by atoms with van der Waals surface area (Å²) in [7, 11) is 5.11. The van der Waals surface area contributed by atoms with Crippen molar-refractivity contribution >= 4 is 40.6 Å². The van der Waals surface area contributed by atoms with E-state index in [9.17, 15) is 4.79 Å². The Labute approximate surface area is 242 Å². The van der Waals surface area contributed by atoms with Gasteiger partial charge in [0.2, 0.25) is 11.9 Å². The summed E-state index contributed by atoms with van der Waals surface area (Å²) < 4.78 is 12.9. The van der Waals surface area contributed by atoms with E-state index in [1.807, 2.05) is 43.6 Å². The summed E-state index contributed by atoms with van der Waals surface area (Å²) in [5, 5.41) is 14.8. The van der Waals surface area contributed by atoms with Gasteiger partial charge in [0.05, 0.1) is 38.3 Å². The van der Waals surface area contributed by atoms with Crippen LogP contribution in [0.15, 0.2) is 55.0 Å². The number of likely N-dealkylation sites (N-methyl/N-ethyl adjacent to an activating group) is 1. The van der Waals surface area contributed by atoms with Crippen LogP contribution in [0.25, 0.3) is 5.69 Å². The van der Waals surface area contributed by atoms with Gasteiger partial charge in [-0.1, -0.05) is 11.6 Å². The van der Waals surface area contributed by atoms with Crippen molar-refractivity contribution in [2.24, 2.45) is 0 Å². The lowest BCUT2D eigenvalue weighted by molar-refractivity contribution is -0.117. The van der Waals surface area contributed by atoms with Gasteiger partial charge in [0.15, 0.2) is 5.82 Å². The molecule has 6 rings (SSSR count). The number of halogens is 1. The molecule has 11 nitrogen and oxygen atoms in total. The number of amides is 1. The van der Waals surface area contributed by atoms with Crippen molar-refractivity contribution in [1.82, 2.24) is 25.1 Å². The summed E-state index contributed by atoms with van der Waals surface area (Å²) in [6, 6.07) is 11.6. The lowest BCUT2D eigenvalue weighted by Gasteiger charge is -2.23. The second-order valence-corrected chi connectivity index (χ2v) is 10.7. The van der Waals surface area contributed by atoms with Gasteiger partial charge in [-0.15, -0.1) is 0 Å². The largest absolute Gasteiger partial charge is 0.497 e. The number of anilines is 4. The number of nitrogens with zero attached hydrogens (tertiary/aromatic N) is 5. The van der Waals surface area contributed by atoms with Crippen molar-refractivity contribution in [1.29, 1.82) is 0 Å². The molecule has 2 aromatic carbocycles. The molecule has 1 fully saturated rings. The zero-order chi connectivity index (χ0) is 28.6. The fourth-order valence-electron chi connectivity index (χ4n) is 5.08. The summed E-state index contributed by atoms with van der Waals surface area (Å²) >= 11 is 6.53. The predicted molar refractivity (Wildman–Crippen MR) is 158 cm³/mol. The first-order valence-corrected chi connectivity index (χ1v) is 13.7. The number of ether oxygens (including phenoxy) is 2. The van der Waals surface area contributed by atoms with Crippen LogP contribution in [0.1, 0.15) is 24.0 Å². The first-order chi connectivity index (χ1) is 19.9. The van der Waals surface area contributed by atoms with Crippen molar-refractivity contribution < 1.29 is 14.3 Å². The average Bonchev–Trinajstić information content (AvgIpc) is 3.53. The molecule has 0 saturated heterocycles. The summed E-state index contributed by atoms with van der Waals surface area (Å²) in [6.07, 6.45) is 7.73. The Kier molecular flexibility index (Phi) is 7.14. The smallest absolute Gasteiger partial charge is 0.240 e. The number of rotatable bonds is 9. The third-order valence-electron chi connectivity index (χ3n) is 7.52. The molecule has 3 N–H and O–H groups in total. The zero-order valence-electron chi connectivity index (χ0n) is 23.1. The number of fused-ring (bicyclic) bond motifs is 1. The molecule has 1 aliphatic carbocycles. The number of hydrogen-bond donors (Lipinski definition) is 3. The number of carbonyl (C=O) groups excluding carboxylic acids is 1. The lowest BCUT2D eigenvalue weighted by atomic mass is 9.99. The minimum absolute atomic E-state index is 0.0290. The average molecular weight is 575 g/mol. The standard InChI is InChI=1S/C29H31ClN8O3/c1-37-23-11-18(25(41-3)12-19(23)15-31-17-26(37)39)14-29(7-8-29)36-28-32-16-21(30)27(35-28)34-22-6-5-20(40-2)13-24(22)38-10-4-9-33-38/h4-6,9-13,16,31H,7-8,14-15,17H2,1-3H3,(H2,32,34,35,36). The quantitative estimate of drug-likeness (QED) is 0.268. The number of aromatic nitrogens is 4. The Morgan fingerprint density at radius 2 is 1.98 bits per heavy atom. The van der Waals surface area contributed by atoms with Crippen LogP contribution in [-0.4, -0.2) is 59.0 Å². The van der Waals surface area contributed by atoms with Gasteiger partial charge in [-0.05, 0) is 60.7 Å². The molecule has 0 spiro atoms. The molecule has 0 unspecified atom stereocenters. The number of hydrogen-bond acceptors (Lipinski definition) is 9. The van der Waals surface area contributed by atoms with Crippen molar-refractivity contribution in [3.05, 3.63) is 71.1 Å². The maximum Gasteiger partial charge on any atom is 0.240 e. The molecule has 12 heteroatoms. The van der Waals surface area contributed by atoms with Gasteiger partial charge >= 0.3 is 0 Å². The van der Waals surface area contributed by atoms with Gasteiger partial charge in [0.25, 0.3) is 0 Å². The van der Waals surface area contributed by atoms with Gasteiger partial charge in [0.1, 0.15) is 16.5 Å². The normalized spacial score (nSPS) is 15.6. The summed E-state index contributed by atoms with van der Waals surface area (Å²) in [5.41, 5.74) is 4.25. The molecule has 4 aromatic rings. The highest BCUT2D eigenvalue weighted by atomic mass is 35.5. The Balaban J connectivity index is 1.25. The van der Waals surface area contributed by atoms with Crippen LogP contribution < -0.4 is 30.3 Å². The van der Waals surface area contributed by atoms with Crippen molar-refractivity contribution in [3.8, 4) is 17.2 Å². The van der Waals surface area contributed by atoms with Gasteiger partial charge in [0, 0.05) is 43.3 Å². The van der Waals surface area contributed by atoms with Crippen LogP contribution in [0.4, 0.5) is 23.1 Å². The maximum atomic E-state index is 12.5. The Hall–Kier alpha value is -4.35. The highest BCUT2D eigenvalue weighted by Gasteiger charge is 2.44. The SMILES string of the molecule is COc1ccc(Nc2nc(NC3(Cc4cc5c(cc4OC)CNCC(=O)N5C)CC3)ncc2Cl)c(-n2cccn2)c1. The topological polar surface area (TPSA) is 118 Å². The molecule has 1 saturated carbocycles. The Bertz CT molecular complexity index is 1590. The van der Waals surface area contributed by atoms with E-state index in [2.05, 4.69) is 32.1 Å². The van der Waals surface area contributed by atoms with Gasteiger partial charge in [-0.3, -0.25) is 4.79 Å². The van der Waals surface area contributed by atoms with Gasteiger partial charge in [-0.25, -0.2) is 9.67 Å². The third kappa shape index (κ3) is 5.50. The van der Waals surface area contributed by atoms with E-state index >= 15 is 0 Å².